The molecule has 0 spiro atoms. The maximum atomic E-state index is 6.00. The molecule has 110 valence electrons. The zero-order chi connectivity index (χ0) is 15.5. The average Bonchev–Trinajstić information content (AvgIpc) is 2.54. The number of rotatable bonds is 3. The van der Waals surface area contributed by atoms with Crippen LogP contribution in [0.4, 0.5) is 0 Å². The molecule has 3 aromatic carbocycles. The first kappa shape index (κ1) is 14.9. The largest absolute Gasteiger partial charge is 0.0843 e. The van der Waals surface area contributed by atoms with Crippen molar-refractivity contribution in [1.29, 1.82) is 0 Å². The molecule has 22 heavy (non-hydrogen) atoms. The van der Waals surface area contributed by atoms with Crippen LogP contribution in [0.25, 0.3) is 11.1 Å². The highest BCUT2D eigenvalue weighted by atomic mass is 35.5. The summed E-state index contributed by atoms with van der Waals surface area (Å²) in [5.74, 6) is 0. The summed E-state index contributed by atoms with van der Waals surface area (Å²) < 4.78 is 0. The minimum absolute atomic E-state index is 0.785. The van der Waals surface area contributed by atoms with E-state index in [2.05, 4.69) is 68.4 Å². The highest BCUT2D eigenvalue weighted by molar-refractivity contribution is 6.30. The summed E-state index contributed by atoms with van der Waals surface area (Å²) >= 11 is 6.00. The number of hydrogen-bond acceptors (Lipinski definition) is 0. The molecular weight excluding hydrogens is 288 g/mol. The lowest BCUT2D eigenvalue weighted by atomic mass is 9.88. The number of aryl methyl sites for hydroxylation is 2. The first-order chi connectivity index (χ1) is 10.6. The molecule has 0 saturated carbocycles. The summed E-state index contributed by atoms with van der Waals surface area (Å²) in [6.45, 7) is 4.38. The molecule has 0 unspecified atom stereocenters. The third-order valence-corrected chi connectivity index (χ3v) is 4.36. The fourth-order valence-electron chi connectivity index (χ4n) is 2.91. The van der Waals surface area contributed by atoms with Gasteiger partial charge in [0.25, 0.3) is 0 Å². The Morgan fingerprint density at radius 3 is 2.05 bits per heavy atom. The second-order valence-corrected chi connectivity index (χ2v) is 6.16. The fourth-order valence-corrected chi connectivity index (χ4v) is 3.04. The molecule has 0 atom stereocenters. The lowest BCUT2D eigenvalue weighted by Crippen LogP contribution is -1.98. The molecule has 0 fully saturated rings. The third-order valence-electron chi connectivity index (χ3n) is 4.11. The van der Waals surface area contributed by atoms with Gasteiger partial charge in [0.05, 0.1) is 0 Å². The fraction of sp³-hybridized carbons (Fsp3) is 0.143. The molecule has 0 aliphatic carbocycles. The van der Waals surface area contributed by atoms with Gasteiger partial charge in [-0.05, 0) is 65.8 Å². The molecule has 0 aromatic heterocycles. The molecule has 0 aliphatic rings. The Labute approximate surface area is 137 Å². The van der Waals surface area contributed by atoms with Gasteiger partial charge in [0, 0.05) is 5.02 Å². The Morgan fingerprint density at radius 2 is 1.36 bits per heavy atom. The SMILES string of the molecule is Cc1ccc(C)c(-c2ccccc2)c1Cc1ccc(Cl)cc1. The van der Waals surface area contributed by atoms with Crippen LogP contribution in [0.1, 0.15) is 22.3 Å². The molecule has 0 saturated heterocycles. The number of benzene rings is 3. The quantitative estimate of drug-likeness (QED) is 0.539. The van der Waals surface area contributed by atoms with Gasteiger partial charge in [0.2, 0.25) is 0 Å². The van der Waals surface area contributed by atoms with E-state index in [0.29, 0.717) is 0 Å². The zero-order valence-electron chi connectivity index (χ0n) is 12.9. The first-order valence-electron chi connectivity index (χ1n) is 7.54. The first-order valence-corrected chi connectivity index (χ1v) is 7.92. The van der Waals surface area contributed by atoms with Crippen molar-refractivity contribution in [2.24, 2.45) is 0 Å². The molecule has 0 N–H and O–H groups in total. The van der Waals surface area contributed by atoms with Crippen molar-refractivity contribution in [3.63, 3.8) is 0 Å². The molecule has 0 nitrogen and oxygen atoms in total. The molecular formula is C21H19Cl. The van der Waals surface area contributed by atoms with Gasteiger partial charge in [0.15, 0.2) is 0 Å². The Morgan fingerprint density at radius 1 is 0.727 bits per heavy atom. The van der Waals surface area contributed by atoms with Crippen molar-refractivity contribution in [3.05, 3.63) is 94.0 Å². The second kappa shape index (κ2) is 6.37. The van der Waals surface area contributed by atoms with E-state index in [1.807, 2.05) is 12.1 Å². The Kier molecular flexibility index (Phi) is 4.31. The Hall–Kier alpha value is -2.05. The molecule has 0 radical (unpaired) electrons. The molecule has 0 aliphatic heterocycles. The van der Waals surface area contributed by atoms with Crippen LogP contribution in [0.2, 0.25) is 5.02 Å². The lowest BCUT2D eigenvalue weighted by Gasteiger charge is -2.16. The molecule has 1 heteroatoms. The smallest absolute Gasteiger partial charge is 0.0406 e. The van der Waals surface area contributed by atoms with Crippen LogP contribution >= 0.6 is 11.6 Å². The van der Waals surface area contributed by atoms with Gasteiger partial charge in [-0.25, -0.2) is 0 Å². The van der Waals surface area contributed by atoms with Gasteiger partial charge in [0.1, 0.15) is 0 Å². The van der Waals surface area contributed by atoms with Gasteiger partial charge >= 0.3 is 0 Å². The minimum atomic E-state index is 0.785. The molecule has 0 bridgehead atoms. The van der Waals surface area contributed by atoms with E-state index in [0.717, 1.165) is 11.4 Å². The van der Waals surface area contributed by atoms with Crippen LogP contribution in [0, 0.1) is 13.8 Å². The predicted octanol–water partition coefficient (Wildman–Crippen LogP) is 6.21. The number of halogens is 1. The standard InChI is InChI=1S/C21H19Cl/c1-15-8-9-16(2)21(18-6-4-3-5-7-18)20(15)14-17-10-12-19(22)13-11-17/h3-13H,14H2,1-2H3. The van der Waals surface area contributed by atoms with Gasteiger partial charge < -0.3 is 0 Å². The van der Waals surface area contributed by atoms with E-state index >= 15 is 0 Å². The second-order valence-electron chi connectivity index (χ2n) is 5.72. The summed E-state index contributed by atoms with van der Waals surface area (Å²) in [5, 5.41) is 0.785. The van der Waals surface area contributed by atoms with Crippen molar-refractivity contribution in [3.8, 4) is 11.1 Å². The van der Waals surface area contributed by atoms with Crippen LogP contribution in [-0.4, -0.2) is 0 Å². The normalized spacial score (nSPS) is 10.7. The molecule has 0 heterocycles. The maximum Gasteiger partial charge on any atom is 0.0406 e. The monoisotopic (exact) mass is 306 g/mol. The van der Waals surface area contributed by atoms with E-state index in [4.69, 9.17) is 11.6 Å². The van der Waals surface area contributed by atoms with E-state index < -0.39 is 0 Å². The van der Waals surface area contributed by atoms with E-state index in [1.165, 1.54) is 33.4 Å². The van der Waals surface area contributed by atoms with E-state index in [-0.39, 0.29) is 0 Å². The van der Waals surface area contributed by atoms with Crippen molar-refractivity contribution in [2.75, 3.05) is 0 Å². The summed E-state index contributed by atoms with van der Waals surface area (Å²) in [6, 6.07) is 23.2. The van der Waals surface area contributed by atoms with Crippen molar-refractivity contribution >= 4 is 11.6 Å². The molecule has 3 rings (SSSR count). The molecule has 0 amide bonds. The number of hydrogen-bond donors (Lipinski definition) is 0. The van der Waals surface area contributed by atoms with Crippen molar-refractivity contribution < 1.29 is 0 Å². The topological polar surface area (TPSA) is 0 Å². The lowest BCUT2D eigenvalue weighted by molar-refractivity contribution is 1.15. The maximum absolute atomic E-state index is 6.00. The van der Waals surface area contributed by atoms with Gasteiger partial charge in [-0.1, -0.05) is 66.2 Å². The molecule has 3 aromatic rings. The Bertz CT molecular complexity index is 771. The van der Waals surface area contributed by atoms with Crippen LogP contribution < -0.4 is 0 Å². The minimum Gasteiger partial charge on any atom is -0.0843 e. The summed E-state index contributed by atoms with van der Waals surface area (Å²) in [7, 11) is 0. The highest BCUT2D eigenvalue weighted by Gasteiger charge is 2.11. The van der Waals surface area contributed by atoms with Crippen molar-refractivity contribution in [1.82, 2.24) is 0 Å². The third kappa shape index (κ3) is 3.08. The Balaban J connectivity index is 2.10. The summed E-state index contributed by atoms with van der Waals surface area (Å²) in [6.07, 6.45) is 0.926. The summed E-state index contributed by atoms with van der Waals surface area (Å²) in [4.78, 5) is 0. The van der Waals surface area contributed by atoms with E-state index in [1.54, 1.807) is 0 Å². The highest BCUT2D eigenvalue weighted by Crippen LogP contribution is 2.31. The van der Waals surface area contributed by atoms with Gasteiger partial charge in [-0.15, -0.1) is 0 Å². The van der Waals surface area contributed by atoms with Crippen LogP contribution in [-0.2, 0) is 6.42 Å². The predicted molar refractivity (Wildman–Crippen MR) is 95.6 cm³/mol. The zero-order valence-corrected chi connectivity index (χ0v) is 13.7. The van der Waals surface area contributed by atoms with Crippen molar-refractivity contribution in [2.45, 2.75) is 20.3 Å². The van der Waals surface area contributed by atoms with Gasteiger partial charge in [-0.2, -0.15) is 0 Å². The van der Waals surface area contributed by atoms with Crippen LogP contribution in [0.5, 0.6) is 0 Å². The van der Waals surface area contributed by atoms with E-state index in [9.17, 15) is 0 Å². The van der Waals surface area contributed by atoms with Gasteiger partial charge in [-0.3, -0.25) is 0 Å². The summed E-state index contributed by atoms with van der Waals surface area (Å²) in [5.41, 5.74) is 7.98. The average molecular weight is 307 g/mol. The van der Waals surface area contributed by atoms with Crippen LogP contribution in [0.3, 0.4) is 0 Å². The van der Waals surface area contributed by atoms with Crippen LogP contribution in [0.15, 0.2) is 66.7 Å².